The third-order valence-corrected chi connectivity index (χ3v) is 6.49. The number of para-hydroxylation sites is 2. The van der Waals surface area contributed by atoms with Gasteiger partial charge < -0.3 is 14.5 Å². The highest BCUT2D eigenvalue weighted by Gasteiger charge is 2.16. The summed E-state index contributed by atoms with van der Waals surface area (Å²) in [4.78, 5) is 22.1. The van der Waals surface area contributed by atoms with Gasteiger partial charge in [-0.15, -0.1) is 5.10 Å². The zero-order chi connectivity index (χ0) is 23.2. The molecule has 0 aliphatic heterocycles. The normalized spacial score (nSPS) is 11.6. The summed E-state index contributed by atoms with van der Waals surface area (Å²) in [5, 5.41) is 10.9. The van der Waals surface area contributed by atoms with E-state index in [9.17, 15) is 4.79 Å². The summed E-state index contributed by atoms with van der Waals surface area (Å²) in [5.74, 6) is 1.16. The van der Waals surface area contributed by atoms with Crippen molar-refractivity contribution in [2.45, 2.75) is 12.1 Å². The van der Waals surface area contributed by atoms with Crippen LogP contribution in [0.5, 0.6) is 5.75 Å². The third-order valence-electron chi connectivity index (χ3n) is 5.56. The first kappa shape index (κ1) is 20.5. The second-order valence-corrected chi connectivity index (χ2v) is 8.73. The van der Waals surface area contributed by atoms with E-state index in [4.69, 9.17) is 14.1 Å². The van der Waals surface area contributed by atoms with Crippen molar-refractivity contribution >= 4 is 61.8 Å². The molecule has 8 nitrogen and oxygen atoms in total. The fourth-order valence-corrected chi connectivity index (χ4v) is 4.81. The van der Waals surface area contributed by atoms with Crippen molar-refractivity contribution in [3.63, 3.8) is 0 Å². The largest absolute Gasteiger partial charge is 0.495 e. The van der Waals surface area contributed by atoms with Gasteiger partial charge in [0.25, 0.3) is 0 Å². The van der Waals surface area contributed by atoms with Gasteiger partial charge >= 0.3 is 0 Å². The van der Waals surface area contributed by atoms with Crippen molar-refractivity contribution in [2.24, 2.45) is 0 Å². The van der Waals surface area contributed by atoms with Crippen LogP contribution in [0, 0.1) is 6.92 Å². The first-order valence-electron chi connectivity index (χ1n) is 10.6. The van der Waals surface area contributed by atoms with Crippen molar-refractivity contribution in [3.05, 3.63) is 66.5 Å². The van der Waals surface area contributed by atoms with Gasteiger partial charge in [-0.2, -0.15) is 4.52 Å². The van der Waals surface area contributed by atoms with Crippen LogP contribution in [0.4, 0.5) is 5.69 Å². The average Bonchev–Trinajstić information content (AvgIpc) is 3.42. The molecule has 3 aromatic heterocycles. The molecule has 0 aliphatic carbocycles. The van der Waals surface area contributed by atoms with Crippen LogP contribution < -0.4 is 10.1 Å². The van der Waals surface area contributed by atoms with Crippen molar-refractivity contribution < 1.29 is 13.9 Å². The summed E-state index contributed by atoms with van der Waals surface area (Å²) in [5.41, 5.74) is 3.55. The van der Waals surface area contributed by atoms with Gasteiger partial charge in [-0.05, 0) is 31.2 Å². The number of amides is 1. The first-order valence-corrected chi connectivity index (χ1v) is 11.6. The molecule has 0 saturated heterocycles. The Bertz CT molecular complexity index is 1720. The number of aromatic nitrogens is 4. The lowest BCUT2D eigenvalue weighted by Crippen LogP contribution is -2.15. The van der Waals surface area contributed by atoms with Gasteiger partial charge in [0.15, 0.2) is 10.8 Å². The van der Waals surface area contributed by atoms with Crippen LogP contribution in [-0.4, -0.2) is 38.4 Å². The summed E-state index contributed by atoms with van der Waals surface area (Å²) in [6, 6.07) is 19.3. The highest BCUT2D eigenvalue weighted by molar-refractivity contribution is 7.99. The fraction of sp³-hybridized carbons (Fsp3) is 0.120. The van der Waals surface area contributed by atoms with E-state index in [-0.39, 0.29) is 11.7 Å². The molecule has 3 aromatic carbocycles. The number of fused-ring (bicyclic) bond motifs is 6. The van der Waals surface area contributed by atoms with Crippen LogP contribution in [0.1, 0.15) is 5.82 Å². The van der Waals surface area contributed by atoms with Crippen LogP contribution in [0.15, 0.2) is 70.2 Å². The lowest BCUT2D eigenvalue weighted by Gasteiger charge is -2.10. The lowest BCUT2D eigenvalue weighted by molar-refractivity contribution is -0.113. The van der Waals surface area contributed by atoms with Gasteiger partial charge in [0, 0.05) is 22.2 Å². The molecule has 0 saturated carbocycles. The number of anilines is 1. The molecule has 168 valence electrons. The van der Waals surface area contributed by atoms with E-state index in [1.807, 2.05) is 61.5 Å². The molecule has 9 heteroatoms. The van der Waals surface area contributed by atoms with Gasteiger partial charge in [0.05, 0.1) is 24.1 Å². The Balaban J connectivity index is 1.28. The number of carbonyl (C=O) groups is 1. The monoisotopic (exact) mass is 469 g/mol. The highest BCUT2D eigenvalue weighted by Crippen LogP contribution is 2.36. The zero-order valence-electron chi connectivity index (χ0n) is 18.4. The van der Waals surface area contributed by atoms with Gasteiger partial charge in [0.2, 0.25) is 5.91 Å². The summed E-state index contributed by atoms with van der Waals surface area (Å²) < 4.78 is 13.2. The van der Waals surface area contributed by atoms with E-state index in [0.29, 0.717) is 28.0 Å². The molecule has 1 amide bonds. The number of hydrogen-bond donors (Lipinski definition) is 1. The van der Waals surface area contributed by atoms with Crippen LogP contribution in [-0.2, 0) is 4.79 Å². The van der Waals surface area contributed by atoms with Crippen LogP contribution in [0.25, 0.3) is 38.5 Å². The van der Waals surface area contributed by atoms with E-state index in [0.717, 1.165) is 32.9 Å². The Kier molecular flexibility index (Phi) is 4.84. The Morgan fingerprint density at radius 2 is 1.82 bits per heavy atom. The summed E-state index contributed by atoms with van der Waals surface area (Å²) in [6.07, 6.45) is 0. The number of nitrogens with one attached hydrogen (secondary N) is 1. The molecule has 34 heavy (non-hydrogen) atoms. The Hall–Kier alpha value is -4.11. The van der Waals surface area contributed by atoms with E-state index in [1.165, 1.54) is 11.8 Å². The SMILES string of the molecule is COc1cc2c(cc1NC(=O)CSc1nc3ccccc3c3nc(C)nn13)oc1ccccc12. The lowest BCUT2D eigenvalue weighted by atomic mass is 10.1. The Morgan fingerprint density at radius 3 is 2.68 bits per heavy atom. The minimum atomic E-state index is -0.196. The van der Waals surface area contributed by atoms with Crippen LogP contribution in [0.2, 0.25) is 0 Å². The van der Waals surface area contributed by atoms with E-state index in [2.05, 4.69) is 15.4 Å². The molecule has 6 aromatic rings. The third kappa shape index (κ3) is 3.41. The van der Waals surface area contributed by atoms with Gasteiger partial charge in [-0.1, -0.05) is 42.1 Å². The smallest absolute Gasteiger partial charge is 0.234 e. The number of rotatable bonds is 5. The highest BCUT2D eigenvalue weighted by atomic mass is 32.2. The van der Waals surface area contributed by atoms with Gasteiger partial charge in [0.1, 0.15) is 22.7 Å². The topological polar surface area (TPSA) is 94.5 Å². The number of nitrogens with zero attached hydrogens (tertiary/aromatic N) is 4. The van der Waals surface area contributed by atoms with Crippen molar-refractivity contribution in [3.8, 4) is 5.75 Å². The van der Waals surface area contributed by atoms with Crippen molar-refractivity contribution in [1.82, 2.24) is 19.6 Å². The van der Waals surface area contributed by atoms with E-state index >= 15 is 0 Å². The minimum Gasteiger partial charge on any atom is -0.495 e. The maximum Gasteiger partial charge on any atom is 0.234 e. The second kappa shape index (κ2) is 8.03. The number of benzene rings is 3. The molecule has 1 N–H and O–H groups in total. The standard InChI is InChI=1S/C25H19N5O3S/c1-14-26-24-16-8-3-5-9-18(16)28-25(30(24)29-14)34-13-23(31)27-19-12-21-17(11-22(19)32-2)15-7-4-6-10-20(15)33-21/h3-12H,13H2,1-2H3,(H,27,31). The molecule has 6 rings (SSSR count). The summed E-state index contributed by atoms with van der Waals surface area (Å²) in [7, 11) is 1.58. The number of aryl methyl sites for hydroxylation is 1. The second-order valence-electron chi connectivity index (χ2n) is 7.79. The number of carbonyl (C=O) groups excluding carboxylic acids is 1. The molecule has 0 atom stereocenters. The molecule has 0 bridgehead atoms. The van der Waals surface area contributed by atoms with Gasteiger partial charge in [-0.25, -0.2) is 9.97 Å². The quantitative estimate of drug-likeness (QED) is 0.273. The molecule has 0 aliphatic rings. The average molecular weight is 470 g/mol. The maximum absolute atomic E-state index is 12.9. The van der Waals surface area contributed by atoms with E-state index < -0.39 is 0 Å². The zero-order valence-corrected chi connectivity index (χ0v) is 19.2. The molecule has 0 spiro atoms. The fourth-order valence-electron chi connectivity index (χ4n) is 4.06. The first-order chi connectivity index (χ1) is 16.6. The number of methoxy groups -OCH3 is 1. The molecule has 0 fully saturated rings. The number of furan rings is 1. The molecular formula is C25H19N5O3S. The van der Waals surface area contributed by atoms with Crippen LogP contribution >= 0.6 is 11.8 Å². The molecule has 0 radical (unpaired) electrons. The number of thioether (sulfide) groups is 1. The number of hydrogen-bond acceptors (Lipinski definition) is 7. The van der Waals surface area contributed by atoms with E-state index in [1.54, 1.807) is 17.7 Å². The molecule has 0 unspecified atom stereocenters. The Labute approximate surface area is 197 Å². The Morgan fingerprint density at radius 1 is 1.03 bits per heavy atom. The number of ether oxygens (including phenoxy) is 1. The molecular weight excluding hydrogens is 450 g/mol. The van der Waals surface area contributed by atoms with Crippen molar-refractivity contribution in [2.75, 3.05) is 18.2 Å². The minimum absolute atomic E-state index is 0.140. The summed E-state index contributed by atoms with van der Waals surface area (Å²) >= 11 is 1.30. The summed E-state index contributed by atoms with van der Waals surface area (Å²) in [6.45, 7) is 1.84. The predicted octanol–water partition coefficient (Wildman–Crippen LogP) is 5.22. The molecule has 3 heterocycles. The predicted molar refractivity (Wildman–Crippen MR) is 133 cm³/mol. The van der Waals surface area contributed by atoms with Gasteiger partial charge in [-0.3, -0.25) is 4.79 Å². The van der Waals surface area contributed by atoms with Crippen molar-refractivity contribution in [1.29, 1.82) is 0 Å². The van der Waals surface area contributed by atoms with Crippen LogP contribution in [0.3, 0.4) is 0 Å². The maximum atomic E-state index is 12.9.